The van der Waals surface area contributed by atoms with Crippen LogP contribution in [0, 0.1) is 0 Å². The third kappa shape index (κ3) is 2.69. The number of hydrogen-bond acceptors (Lipinski definition) is 5. The Hall–Kier alpha value is -2.71. The minimum atomic E-state index is -0.331. The number of nitrogens with one attached hydrogen (secondary N) is 1. The SMILES string of the molecule is CCn1cc(C(=O)N[C@@H]2CC(=O)N(C)[C@H]2c2ccnn2C)nn1. The van der Waals surface area contributed by atoms with Gasteiger partial charge in [-0.3, -0.25) is 19.0 Å². The lowest BCUT2D eigenvalue weighted by atomic mass is 10.1. The van der Waals surface area contributed by atoms with Crippen molar-refractivity contribution in [1.29, 1.82) is 0 Å². The molecule has 3 heterocycles. The lowest BCUT2D eigenvalue weighted by Gasteiger charge is -2.25. The van der Waals surface area contributed by atoms with E-state index < -0.39 is 0 Å². The number of likely N-dealkylation sites (N-methyl/N-ethyl adjacent to an activating group) is 1. The molecule has 1 saturated heterocycles. The van der Waals surface area contributed by atoms with Crippen LogP contribution in [0.25, 0.3) is 0 Å². The van der Waals surface area contributed by atoms with E-state index in [0.717, 1.165) is 5.69 Å². The molecule has 2 aromatic heterocycles. The average molecular weight is 317 g/mol. The Morgan fingerprint density at radius 1 is 1.43 bits per heavy atom. The van der Waals surface area contributed by atoms with E-state index in [9.17, 15) is 9.59 Å². The highest BCUT2D eigenvalue weighted by Gasteiger charge is 2.41. The van der Waals surface area contributed by atoms with Gasteiger partial charge >= 0.3 is 0 Å². The van der Waals surface area contributed by atoms with Gasteiger partial charge in [-0.25, -0.2) is 0 Å². The van der Waals surface area contributed by atoms with Crippen LogP contribution in [0.4, 0.5) is 0 Å². The molecule has 9 heteroatoms. The normalized spacial score (nSPS) is 21.0. The lowest BCUT2D eigenvalue weighted by molar-refractivity contribution is -0.127. The molecule has 2 aromatic rings. The standard InChI is InChI=1S/C14H19N7O2/c1-4-21-8-10(17-18-21)14(23)16-9-7-12(22)19(2)13(9)11-5-6-15-20(11)3/h5-6,8-9,13H,4,7H2,1-3H3,(H,16,23)/t9-,13-/m1/s1. The maximum Gasteiger partial charge on any atom is 0.273 e. The van der Waals surface area contributed by atoms with Gasteiger partial charge in [0.25, 0.3) is 5.91 Å². The summed E-state index contributed by atoms with van der Waals surface area (Å²) in [5.41, 5.74) is 1.12. The second-order valence-electron chi connectivity index (χ2n) is 5.57. The van der Waals surface area contributed by atoms with Crippen molar-refractivity contribution in [1.82, 2.24) is 35.0 Å². The fourth-order valence-electron chi connectivity index (χ4n) is 2.88. The van der Waals surface area contributed by atoms with Gasteiger partial charge in [0.15, 0.2) is 5.69 Å². The van der Waals surface area contributed by atoms with Crippen LogP contribution >= 0.6 is 0 Å². The highest BCUT2D eigenvalue weighted by Crippen LogP contribution is 2.31. The Morgan fingerprint density at radius 2 is 2.22 bits per heavy atom. The van der Waals surface area contributed by atoms with Crippen molar-refractivity contribution in [3.05, 3.63) is 29.8 Å². The molecule has 122 valence electrons. The van der Waals surface area contributed by atoms with E-state index in [0.29, 0.717) is 6.54 Å². The van der Waals surface area contributed by atoms with Gasteiger partial charge in [-0.1, -0.05) is 5.21 Å². The van der Waals surface area contributed by atoms with E-state index >= 15 is 0 Å². The highest BCUT2D eigenvalue weighted by atomic mass is 16.2. The van der Waals surface area contributed by atoms with Crippen LogP contribution < -0.4 is 5.32 Å². The van der Waals surface area contributed by atoms with Crippen molar-refractivity contribution >= 4 is 11.8 Å². The first-order valence-electron chi connectivity index (χ1n) is 7.45. The predicted octanol–water partition coefficient (Wildman–Crippen LogP) is -0.267. The summed E-state index contributed by atoms with van der Waals surface area (Å²) in [6.07, 6.45) is 3.52. The summed E-state index contributed by atoms with van der Waals surface area (Å²) in [7, 11) is 3.55. The molecule has 3 rings (SSSR count). The summed E-state index contributed by atoms with van der Waals surface area (Å²) < 4.78 is 3.30. The van der Waals surface area contributed by atoms with Gasteiger partial charge in [0, 0.05) is 33.3 Å². The number of aryl methyl sites for hydroxylation is 2. The molecular formula is C14H19N7O2. The first-order valence-corrected chi connectivity index (χ1v) is 7.45. The zero-order valence-corrected chi connectivity index (χ0v) is 13.3. The second-order valence-corrected chi connectivity index (χ2v) is 5.57. The molecule has 9 nitrogen and oxygen atoms in total. The summed E-state index contributed by atoms with van der Waals surface area (Å²) in [4.78, 5) is 26.1. The van der Waals surface area contributed by atoms with Crippen LogP contribution in [0.1, 0.15) is 35.6 Å². The molecule has 0 spiro atoms. The van der Waals surface area contributed by atoms with E-state index in [2.05, 4.69) is 20.7 Å². The van der Waals surface area contributed by atoms with Crippen LogP contribution in [-0.4, -0.2) is 54.6 Å². The molecule has 0 aromatic carbocycles. The van der Waals surface area contributed by atoms with Crippen molar-refractivity contribution < 1.29 is 9.59 Å². The van der Waals surface area contributed by atoms with Gasteiger partial charge in [0.1, 0.15) is 0 Å². The van der Waals surface area contributed by atoms with Gasteiger partial charge in [0.05, 0.1) is 24.0 Å². The number of likely N-dealkylation sites (tertiary alicyclic amines) is 1. The second kappa shape index (κ2) is 5.82. The molecule has 0 aliphatic carbocycles. The van der Waals surface area contributed by atoms with Gasteiger partial charge in [-0.15, -0.1) is 5.10 Å². The van der Waals surface area contributed by atoms with Crippen molar-refractivity contribution in [3.63, 3.8) is 0 Å². The Morgan fingerprint density at radius 3 is 2.83 bits per heavy atom. The minimum Gasteiger partial charge on any atom is -0.345 e. The molecule has 2 atom stereocenters. The third-order valence-electron chi connectivity index (χ3n) is 4.16. The van der Waals surface area contributed by atoms with Gasteiger partial charge < -0.3 is 10.2 Å². The van der Waals surface area contributed by atoms with Crippen LogP contribution in [0.5, 0.6) is 0 Å². The summed E-state index contributed by atoms with van der Waals surface area (Å²) in [6, 6.07) is 1.27. The van der Waals surface area contributed by atoms with Crippen LogP contribution in [0.3, 0.4) is 0 Å². The molecule has 0 unspecified atom stereocenters. The number of aromatic nitrogens is 5. The predicted molar refractivity (Wildman–Crippen MR) is 80.3 cm³/mol. The molecule has 1 fully saturated rings. The number of carbonyl (C=O) groups is 2. The molecule has 0 radical (unpaired) electrons. The lowest BCUT2D eigenvalue weighted by Crippen LogP contribution is -2.39. The Bertz CT molecular complexity index is 735. The summed E-state index contributed by atoms with van der Waals surface area (Å²) in [5.74, 6) is -0.344. The van der Waals surface area contributed by atoms with Crippen molar-refractivity contribution in [2.45, 2.75) is 32.0 Å². The first-order chi connectivity index (χ1) is 11.0. The van der Waals surface area contributed by atoms with Gasteiger partial charge in [-0.05, 0) is 13.0 Å². The van der Waals surface area contributed by atoms with Crippen LogP contribution in [0.2, 0.25) is 0 Å². The Balaban J connectivity index is 1.81. The van der Waals surface area contributed by atoms with Crippen molar-refractivity contribution in [2.24, 2.45) is 7.05 Å². The fraction of sp³-hybridized carbons (Fsp3) is 0.500. The first kappa shape index (κ1) is 15.2. The summed E-state index contributed by atoms with van der Waals surface area (Å²) >= 11 is 0. The number of nitrogens with zero attached hydrogens (tertiary/aromatic N) is 6. The molecule has 1 N–H and O–H groups in total. The third-order valence-corrected chi connectivity index (χ3v) is 4.16. The van der Waals surface area contributed by atoms with Crippen LogP contribution in [0.15, 0.2) is 18.5 Å². The quantitative estimate of drug-likeness (QED) is 0.837. The molecule has 0 bridgehead atoms. The summed E-state index contributed by atoms with van der Waals surface area (Å²) in [6.45, 7) is 2.56. The van der Waals surface area contributed by atoms with Crippen LogP contribution in [-0.2, 0) is 18.4 Å². The maximum atomic E-state index is 12.4. The summed E-state index contributed by atoms with van der Waals surface area (Å²) in [5, 5.41) is 14.8. The molecule has 1 aliphatic rings. The van der Waals surface area contributed by atoms with E-state index in [1.54, 1.807) is 33.7 Å². The van der Waals surface area contributed by atoms with E-state index in [-0.39, 0.29) is 36.0 Å². The number of amides is 2. The minimum absolute atomic E-state index is 0.0151. The van der Waals surface area contributed by atoms with Crippen molar-refractivity contribution in [2.75, 3.05) is 7.05 Å². The Labute approximate surface area is 133 Å². The van der Waals surface area contributed by atoms with E-state index in [1.165, 1.54) is 0 Å². The van der Waals surface area contributed by atoms with Crippen molar-refractivity contribution in [3.8, 4) is 0 Å². The molecule has 2 amide bonds. The molecule has 0 saturated carbocycles. The monoisotopic (exact) mass is 317 g/mol. The zero-order chi connectivity index (χ0) is 16.6. The maximum absolute atomic E-state index is 12.4. The fourth-order valence-corrected chi connectivity index (χ4v) is 2.88. The Kier molecular flexibility index (Phi) is 3.85. The van der Waals surface area contributed by atoms with Gasteiger partial charge in [0.2, 0.25) is 5.91 Å². The number of rotatable bonds is 4. The number of hydrogen-bond donors (Lipinski definition) is 1. The van der Waals surface area contributed by atoms with Gasteiger partial charge in [-0.2, -0.15) is 5.10 Å². The highest BCUT2D eigenvalue weighted by molar-refractivity contribution is 5.93. The van der Waals surface area contributed by atoms with E-state index in [1.807, 2.05) is 20.0 Å². The zero-order valence-electron chi connectivity index (χ0n) is 13.3. The molecular weight excluding hydrogens is 298 g/mol. The average Bonchev–Trinajstić information content (AvgIpc) is 3.21. The van der Waals surface area contributed by atoms with E-state index in [4.69, 9.17) is 0 Å². The smallest absolute Gasteiger partial charge is 0.273 e. The molecule has 1 aliphatic heterocycles. The number of carbonyl (C=O) groups excluding carboxylic acids is 2. The topological polar surface area (TPSA) is 97.9 Å². The molecule has 23 heavy (non-hydrogen) atoms. The largest absolute Gasteiger partial charge is 0.345 e.